The van der Waals surface area contributed by atoms with Crippen molar-refractivity contribution >= 4 is 17.6 Å². The first-order chi connectivity index (χ1) is 15.4. The molecule has 1 saturated heterocycles. The van der Waals surface area contributed by atoms with E-state index in [0.717, 1.165) is 81.9 Å². The Labute approximate surface area is 191 Å². The molecule has 1 atom stereocenters. The Bertz CT molecular complexity index is 834. The Morgan fingerprint density at radius 2 is 1.91 bits per heavy atom. The molecule has 1 saturated carbocycles. The van der Waals surface area contributed by atoms with Gasteiger partial charge in [-0.2, -0.15) is 0 Å². The molecule has 0 bridgehead atoms. The molecule has 4 rings (SSSR count). The lowest BCUT2D eigenvalue weighted by Crippen LogP contribution is -2.53. The largest absolute Gasteiger partial charge is 0.373 e. The maximum Gasteiger partial charge on any atom is 0.224 e. The van der Waals surface area contributed by atoms with Crippen molar-refractivity contribution in [1.82, 2.24) is 25.1 Å². The first kappa shape index (κ1) is 23.0. The Kier molecular flexibility index (Phi) is 6.98. The fourth-order valence-corrected chi connectivity index (χ4v) is 5.72. The zero-order valence-corrected chi connectivity index (χ0v) is 19.9. The van der Waals surface area contributed by atoms with E-state index in [1.165, 1.54) is 12.0 Å². The van der Waals surface area contributed by atoms with E-state index in [-0.39, 0.29) is 23.3 Å². The van der Waals surface area contributed by atoms with Crippen molar-refractivity contribution < 1.29 is 9.59 Å². The molecule has 2 amide bonds. The Balaban J connectivity index is 1.48. The monoisotopic (exact) mass is 442 g/mol. The summed E-state index contributed by atoms with van der Waals surface area (Å²) in [7, 11) is 4.05. The molecular formula is C24H38N6O2. The van der Waals surface area contributed by atoms with Crippen LogP contribution in [0.15, 0.2) is 0 Å². The Hall–Kier alpha value is -2.22. The second-order valence-corrected chi connectivity index (χ2v) is 9.97. The molecule has 1 aliphatic carbocycles. The lowest BCUT2D eigenvalue weighted by atomic mass is 9.78. The number of carbonyl (C=O) groups excluding carboxylic acids is 2. The number of rotatable bonds is 5. The summed E-state index contributed by atoms with van der Waals surface area (Å²) < 4.78 is 0. The van der Waals surface area contributed by atoms with Crippen LogP contribution in [0.25, 0.3) is 0 Å². The summed E-state index contributed by atoms with van der Waals surface area (Å²) in [5.41, 5.74) is 1.97. The number of likely N-dealkylation sites (tertiary alicyclic amines) is 1. The smallest absolute Gasteiger partial charge is 0.224 e. The molecule has 8 heteroatoms. The summed E-state index contributed by atoms with van der Waals surface area (Å²) in [6, 6.07) is 0. The highest BCUT2D eigenvalue weighted by Gasteiger charge is 2.37. The SMILES string of the molecule is CNc1nc(C2CCCN(C(=O)CC3(NC(C)=O)CCCCC3)C2)nc2c1CN(C)CC2. The molecule has 2 N–H and O–H groups in total. The number of hydrogen-bond donors (Lipinski definition) is 2. The number of nitrogens with zero attached hydrogens (tertiary/aromatic N) is 4. The molecule has 0 radical (unpaired) electrons. The quantitative estimate of drug-likeness (QED) is 0.728. The van der Waals surface area contributed by atoms with Crippen LogP contribution in [0.4, 0.5) is 5.82 Å². The number of fused-ring (bicyclic) bond motifs is 1. The molecule has 1 aromatic heterocycles. The second kappa shape index (κ2) is 9.73. The Morgan fingerprint density at radius 1 is 1.12 bits per heavy atom. The standard InChI is InChI=1S/C24H38N6O2/c1-17(31)28-24(10-5-4-6-11-24)14-21(32)30-12-7-8-18(15-30)22-26-20-9-13-29(3)16-19(20)23(25-2)27-22/h18H,4-16H2,1-3H3,(H,28,31)(H,25,26,27). The van der Waals surface area contributed by atoms with Crippen LogP contribution in [0.3, 0.4) is 0 Å². The van der Waals surface area contributed by atoms with E-state index in [9.17, 15) is 9.59 Å². The molecule has 32 heavy (non-hydrogen) atoms. The van der Waals surface area contributed by atoms with Gasteiger partial charge in [0, 0.05) is 70.0 Å². The van der Waals surface area contributed by atoms with Crippen LogP contribution in [-0.4, -0.2) is 70.9 Å². The van der Waals surface area contributed by atoms with Gasteiger partial charge in [-0.3, -0.25) is 9.59 Å². The molecule has 0 spiro atoms. The third-order valence-corrected chi connectivity index (χ3v) is 7.39. The molecule has 3 aliphatic rings. The van der Waals surface area contributed by atoms with Crippen LogP contribution in [0.5, 0.6) is 0 Å². The van der Waals surface area contributed by atoms with Crippen LogP contribution >= 0.6 is 0 Å². The van der Waals surface area contributed by atoms with Gasteiger partial charge in [0.15, 0.2) is 0 Å². The van der Waals surface area contributed by atoms with Gasteiger partial charge in [-0.15, -0.1) is 0 Å². The minimum atomic E-state index is -0.373. The van der Waals surface area contributed by atoms with Crippen molar-refractivity contribution in [2.75, 3.05) is 39.0 Å². The van der Waals surface area contributed by atoms with E-state index >= 15 is 0 Å². The lowest BCUT2D eigenvalue weighted by molar-refractivity contribution is -0.135. The number of carbonyl (C=O) groups is 2. The van der Waals surface area contributed by atoms with Gasteiger partial charge in [-0.25, -0.2) is 9.97 Å². The summed E-state index contributed by atoms with van der Waals surface area (Å²) in [4.78, 5) is 39.3. The van der Waals surface area contributed by atoms with Gasteiger partial charge in [0.05, 0.1) is 5.69 Å². The molecular weight excluding hydrogens is 404 g/mol. The van der Waals surface area contributed by atoms with E-state index in [2.05, 4.69) is 22.6 Å². The number of hydrogen-bond acceptors (Lipinski definition) is 6. The van der Waals surface area contributed by atoms with Gasteiger partial charge in [-0.05, 0) is 32.7 Å². The van der Waals surface area contributed by atoms with Gasteiger partial charge in [0.25, 0.3) is 0 Å². The average molecular weight is 443 g/mol. The van der Waals surface area contributed by atoms with Crippen LogP contribution in [0.1, 0.15) is 81.3 Å². The summed E-state index contributed by atoms with van der Waals surface area (Å²) in [6.07, 6.45) is 8.41. The van der Waals surface area contributed by atoms with E-state index in [0.29, 0.717) is 13.0 Å². The van der Waals surface area contributed by atoms with E-state index < -0.39 is 0 Å². The van der Waals surface area contributed by atoms with E-state index in [1.807, 2.05) is 11.9 Å². The number of anilines is 1. The van der Waals surface area contributed by atoms with Crippen LogP contribution < -0.4 is 10.6 Å². The zero-order valence-electron chi connectivity index (χ0n) is 19.9. The van der Waals surface area contributed by atoms with Crippen LogP contribution in [0.2, 0.25) is 0 Å². The average Bonchev–Trinajstić information content (AvgIpc) is 2.78. The number of nitrogens with one attached hydrogen (secondary N) is 2. The molecule has 1 unspecified atom stereocenters. The van der Waals surface area contributed by atoms with Crippen molar-refractivity contribution in [3.05, 3.63) is 17.1 Å². The van der Waals surface area contributed by atoms with Gasteiger partial charge >= 0.3 is 0 Å². The van der Waals surface area contributed by atoms with Crippen LogP contribution in [0, 0.1) is 0 Å². The molecule has 176 valence electrons. The molecule has 2 aliphatic heterocycles. The maximum absolute atomic E-state index is 13.3. The molecule has 2 fully saturated rings. The van der Waals surface area contributed by atoms with Crippen molar-refractivity contribution in [1.29, 1.82) is 0 Å². The second-order valence-electron chi connectivity index (χ2n) is 9.97. The predicted molar refractivity (Wildman–Crippen MR) is 124 cm³/mol. The van der Waals surface area contributed by atoms with Crippen LogP contribution in [-0.2, 0) is 22.6 Å². The van der Waals surface area contributed by atoms with Crippen molar-refractivity contribution in [3.63, 3.8) is 0 Å². The van der Waals surface area contributed by atoms with Gasteiger partial charge in [-0.1, -0.05) is 19.3 Å². The highest BCUT2D eigenvalue weighted by molar-refractivity contribution is 5.80. The third kappa shape index (κ3) is 5.05. The fourth-order valence-electron chi connectivity index (χ4n) is 5.72. The van der Waals surface area contributed by atoms with Gasteiger partial charge in [0.1, 0.15) is 11.6 Å². The maximum atomic E-state index is 13.3. The Morgan fingerprint density at radius 3 is 2.62 bits per heavy atom. The molecule has 0 aromatic carbocycles. The number of likely N-dealkylation sites (N-methyl/N-ethyl adjacent to an activating group) is 1. The number of aromatic nitrogens is 2. The van der Waals surface area contributed by atoms with Gasteiger partial charge in [0.2, 0.25) is 11.8 Å². The third-order valence-electron chi connectivity index (χ3n) is 7.39. The minimum absolute atomic E-state index is 0.0380. The fraction of sp³-hybridized carbons (Fsp3) is 0.750. The zero-order chi connectivity index (χ0) is 22.7. The normalized spacial score (nSPS) is 23.3. The highest BCUT2D eigenvalue weighted by atomic mass is 16.2. The van der Waals surface area contributed by atoms with E-state index in [1.54, 1.807) is 6.92 Å². The van der Waals surface area contributed by atoms with Crippen molar-refractivity contribution in [2.45, 2.75) is 82.7 Å². The summed E-state index contributed by atoms with van der Waals surface area (Å²) in [5.74, 6) is 2.06. The molecule has 3 heterocycles. The highest BCUT2D eigenvalue weighted by Crippen LogP contribution is 2.34. The number of amides is 2. The molecule has 8 nitrogen and oxygen atoms in total. The van der Waals surface area contributed by atoms with E-state index in [4.69, 9.17) is 9.97 Å². The van der Waals surface area contributed by atoms with Crippen molar-refractivity contribution in [2.24, 2.45) is 0 Å². The topological polar surface area (TPSA) is 90.5 Å². The summed E-state index contributed by atoms with van der Waals surface area (Å²) in [5, 5.41) is 6.41. The number of piperidine rings is 1. The molecule has 1 aromatic rings. The lowest BCUT2D eigenvalue weighted by Gasteiger charge is -2.40. The predicted octanol–water partition coefficient (Wildman–Crippen LogP) is 2.44. The first-order valence-corrected chi connectivity index (χ1v) is 12.2. The van der Waals surface area contributed by atoms with Gasteiger partial charge < -0.3 is 20.4 Å². The van der Waals surface area contributed by atoms with Crippen molar-refractivity contribution in [3.8, 4) is 0 Å². The summed E-state index contributed by atoms with van der Waals surface area (Å²) >= 11 is 0. The first-order valence-electron chi connectivity index (χ1n) is 12.2. The minimum Gasteiger partial charge on any atom is -0.373 e. The summed E-state index contributed by atoms with van der Waals surface area (Å²) in [6.45, 7) is 4.87.